The first-order valence-corrected chi connectivity index (χ1v) is 5.32. The Morgan fingerprint density at radius 1 is 1.73 bits per heavy atom. The van der Waals surface area contributed by atoms with Crippen molar-refractivity contribution in [3.8, 4) is 0 Å². The van der Waals surface area contributed by atoms with Gasteiger partial charge in [0, 0.05) is 0 Å². The summed E-state index contributed by atoms with van der Waals surface area (Å²) in [7, 11) is -3.30. The topological polar surface area (TPSA) is 89.6 Å². The van der Waals surface area contributed by atoms with E-state index in [9.17, 15) is 13.2 Å². The second-order valence-electron chi connectivity index (χ2n) is 1.97. The highest BCUT2D eigenvalue weighted by Crippen LogP contribution is 2.20. The number of carbonyl (C=O) groups is 1. The molecule has 2 N–H and O–H groups in total. The van der Waals surface area contributed by atoms with Gasteiger partial charge in [0.2, 0.25) is 5.91 Å². The van der Waals surface area contributed by atoms with Gasteiger partial charge in [-0.15, -0.1) is 0 Å². The maximum atomic E-state index is 10.7. The van der Waals surface area contributed by atoms with Gasteiger partial charge in [0.15, 0.2) is 0 Å². The number of primary amides is 1. The molecule has 0 aromatic carbocycles. The molecule has 62 valence electrons. The smallest absolute Gasteiger partial charge is 0.263 e. The SMILES string of the molecule is NC(=O)CC1=NS(=O)(=O)CS1. The largest absolute Gasteiger partial charge is 0.369 e. The van der Waals surface area contributed by atoms with Gasteiger partial charge in [-0.05, 0) is 0 Å². The molecule has 0 fully saturated rings. The average molecular weight is 194 g/mol. The van der Waals surface area contributed by atoms with E-state index in [-0.39, 0.29) is 16.5 Å². The lowest BCUT2D eigenvalue weighted by Crippen LogP contribution is -2.13. The first-order valence-electron chi connectivity index (χ1n) is 2.72. The highest BCUT2D eigenvalue weighted by Gasteiger charge is 2.21. The van der Waals surface area contributed by atoms with Gasteiger partial charge in [-0.2, -0.15) is 4.40 Å². The summed E-state index contributed by atoms with van der Waals surface area (Å²) in [5.41, 5.74) is 4.83. The second-order valence-corrected chi connectivity index (χ2v) is 5.02. The van der Waals surface area contributed by atoms with E-state index in [4.69, 9.17) is 5.73 Å². The number of nitrogens with two attached hydrogens (primary N) is 1. The number of nitrogens with zero attached hydrogens (tertiary/aromatic N) is 1. The molecule has 0 aromatic rings. The molecule has 0 aliphatic carbocycles. The normalized spacial score (nSPS) is 21.3. The third-order valence-electron chi connectivity index (χ3n) is 0.941. The molecule has 0 spiro atoms. The Morgan fingerprint density at radius 3 is 2.73 bits per heavy atom. The second kappa shape index (κ2) is 2.82. The van der Waals surface area contributed by atoms with E-state index >= 15 is 0 Å². The van der Waals surface area contributed by atoms with Gasteiger partial charge in [0.25, 0.3) is 10.0 Å². The van der Waals surface area contributed by atoms with Crippen LogP contribution in [0, 0.1) is 0 Å². The monoisotopic (exact) mass is 194 g/mol. The van der Waals surface area contributed by atoms with E-state index in [0.717, 1.165) is 11.8 Å². The molecule has 0 unspecified atom stereocenters. The Labute approximate surface area is 68.1 Å². The maximum absolute atomic E-state index is 10.7. The summed E-state index contributed by atoms with van der Waals surface area (Å²) >= 11 is 1.04. The number of sulfonamides is 1. The average Bonchev–Trinajstić information content (AvgIpc) is 2.08. The minimum atomic E-state index is -3.30. The van der Waals surface area contributed by atoms with Crippen molar-refractivity contribution >= 4 is 32.7 Å². The Balaban J connectivity index is 2.71. The van der Waals surface area contributed by atoms with Gasteiger partial charge in [0.1, 0.15) is 5.08 Å². The number of rotatable bonds is 2. The van der Waals surface area contributed by atoms with Crippen molar-refractivity contribution in [3.05, 3.63) is 0 Å². The summed E-state index contributed by atoms with van der Waals surface area (Å²) in [5, 5.41) is 0.216. The Hall–Kier alpha value is -0.560. The van der Waals surface area contributed by atoms with Crippen molar-refractivity contribution in [2.24, 2.45) is 10.1 Å². The predicted molar refractivity (Wildman–Crippen MR) is 42.6 cm³/mol. The predicted octanol–water partition coefficient (Wildman–Crippen LogP) is -0.706. The van der Waals surface area contributed by atoms with Crippen LogP contribution in [0.2, 0.25) is 0 Å². The molecule has 1 heterocycles. The molecule has 0 bridgehead atoms. The van der Waals surface area contributed by atoms with Crippen LogP contribution in [0.4, 0.5) is 0 Å². The molecule has 1 aliphatic rings. The molecule has 0 radical (unpaired) electrons. The fraction of sp³-hybridized carbons (Fsp3) is 0.500. The van der Waals surface area contributed by atoms with Crippen LogP contribution >= 0.6 is 11.8 Å². The number of thioether (sulfide) groups is 1. The van der Waals surface area contributed by atoms with Gasteiger partial charge >= 0.3 is 0 Å². The molecule has 11 heavy (non-hydrogen) atoms. The third-order valence-corrected chi connectivity index (χ3v) is 3.79. The van der Waals surface area contributed by atoms with Gasteiger partial charge < -0.3 is 5.73 Å². The summed E-state index contributed by atoms with van der Waals surface area (Å²) in [6, 6.07) is 0. The Bertz CT molecular complexity index is 305. The van der Waals surface area contributed by atoms with Crippen molar-refractivity contribution in [1.29, 1.82) is 0 Å². The molecular formula is C4H6N2O3S2. The van der Waals surface area contributed by atoms with Gasteiger partial charge in [0.05, 0.1) is 11.5 Å². The molecule has 0 atom stereocenters. The van der Waals surface area contributed by atoms with Crippen LogP contribution in [0.3, 0.4) is 0 Å². The van der Waals surface area contributed by atoms with Crippen molar-refractivity contribution in [2.75, 3.05) is 5.08 Å². The van der Waals surface area contributed by atoms with Crippen LogP contribution in [0.1, 0.15) is 6.42 Å². The lowest BCUT2D eigenvalue weighted by Gasteiger charge is -1.89. The zero-order chi connectivity index (χ0) is 8.48. The summed E-state index contributed by atoms with van der Waals surface area (Å²) in [5.74, 6) is -0.562. The van der Waals surface area contributed by atoms with E-state index in [2.05, 4.69) is 4.40 Å². The van der Waals surface area contributed by atoms with Crippen LogP contribution in [0.25, 0.3) is 0 Å². The van der Waals surface area contributed by atoms with Crippen LogP contribution in [-0.2, 0) is 14.8 Å². The summed E-state index contributed by atoms with van der Waals surface area (Å²) in [6.07, 6.45) is -0.0795. The van der Waals surface area contributed by atoms with Gasteiger partial charge in [-0.25, -0.2) is 8.42 Å². The first-order chi connectivity index (χ1) is 4.99. The van der Waals surface area contributed by atoms with Crippen LogP contribution in [0.15, 0.2) is 4.40 Å². The fourth-order valence-electron chi connectivity index (χ4n) is 0.583. The Kier molecular flexibility index (Phi) is 2.19. The van der Waals surface area contributed by atoms with E-state index in [1.807, 2.05) is 0 Å². The van der Waals surface area contributed by atoms with E-state index in [1.54, 1.807) is 0 Å². The minimum absolute atomic E-state index is 0.0738. The quantitative estimate of drug-likeness (QED) is 0.629. The van der Waals surface area contributed by atoms with Crippen LogP contribution in [0.5, 0.6) is 0 Å². The molecular weight excluding hydrogens is 188 g/mol. The molecule has 0 aromatic heterocycles. The van der Waals surface area contributed by atoms with Crippen molar-refractivity contribution in [3.63, 3.8) is 0 Å². The molecule has 0 saturated carbocycles. The maximum Gasteiger partial charge on any atom is 0.263 e. The highest BCUT2D eigenvalue weighted by molar-refractivity contribution is 8.24. The minimum Gasteiger partial charge on any atom is -0.369 e. The molecule has 7 heteroatoms. The standard InChI is InChI=1S/C4H6N2O3S2/c5-3(7)1-4-6-11(8,9)2-10-4/h1-2H2,(H2,5,7). The van der Waals surface area contributed by atoms with Crippen molar-refractivity contribution in [1.82, 2.24) is 0 Å². The van der Waals surface area contributed by atoms with Crippen LogP contribution < -0.4 is 5.73 Å². The number of hydrogen-bond acceptors (Lipinski definition) is 4. The molecule has 5 nitrogen and oxygen atoms in total. The zero-order valence-corrected chi connectivity index (χ0v) is 7.11. The summed E-state index contributed by atoms with van der Waals surface area (Å²) in [6.45, 7) is 0. The van der Waals surface area contributed by atoms with E-state index in [1.165, 1.54) is 0 Å². The summed E-state index contributed by atoms with van der Waals surface area (Å²) in [4.78, 5) is 10.3. The van der Waals surface area contributed by atoms with E-state index in [0.29, 0.717) is 0 Å². The van der Waals surface area contributed by atoms with Crippen molar-refractivity contribution in [2.45, 2.75) is 6.42 Å². The van der Waals surface area contributed by atoms with E-state index < -0.39 is 15.9 Å². The van der Waals surface area contributed by atoms with Gasteiger partial charge in [-0.1, -0.05) is 11.8 Å². The third kappa shape index (κ3) is 2.51. The molecule has 0 saturated heterocycles. The fourth-order valence-corrected chi connectivity index (χ4v) is 3.10. The Morgan fingerprint density at radius 2 is 2.36 bits per heavy atom. The molecule has 1 amide bonds. The number of hydrogen-bond donors (Lipinski definition) is 1. The first kappa shape index (κ1) is 8.54. The number of carbonyl (C=O) groups excluding carboxylic acids is 1. The van der Waals surface area contributed by atoms with Gasteiger partial charge in [-0.3, -0.25) is 4.79 Å². The zero-order valence-electron chi connectivity index (χ0n) is 5.48. The molecule has 1 aliphatic heterocycles. The highest BCUT2D eigenvalue weighted by atomic mass is 32.3. The summed E-state index contributed by atoms with van der Waals surface area (Å²) < 4.78 is 24.6. The lowest BCUT2D eigenvalue weighted by molar-refractivity contribution is -0.116. The molecule has 1 rings (SSSR count). The number of amides is 1. The lowest BCUT2D eigenvalue weighted by atomic mass is 10.4. The van der Waals surface area contributed by atoms with Crippen molar-refractivity contribution < 1.29 is 13.2 Å². The van der Waals surface area contributed by atoms with Crippen LogP contribution in [-0.4, -0.2) is 24.5 Å².